The molecule has 0 amide bonds. The van der Waals surface area contributed by atoms with E-state index >= 15 is 0 Å². The summed E-state index contributed by atoms with van der Waals surface area (Å²) in [4.78, 5) is 4.50. The summed E-state index contributed by atoms with van der Waals surface area (Å²) in [6, 6.07) is 0. The van der Waals surface area contributed by atoms with Crippen LogP contribution in [0.4, 0.5) is 0 Å². The molecule has 0 radical (unpaired) electrons. The van der Waals surface area contributed by atoms with E-state index in [2.05, 4.69) is 14.9 Å². The Labute approximate surface area is 124 Å². The smallest absolute Gasteiger partial charge is 0.241 e. The van der Waals surface area contributed by atoms with Crippen LogP contribution in [0.25, 0.3) is 0 Å². The Balaban J connectivity index is 1.55. The maximum Gasteiger partial charge on any atom is 0.241 e. The maximum absolute atomic E-state index is 11.1. The van der Waals surface area contributed by atoms with Crippen LogP contribution in [0.1, 0.15) is 50.2 Å². The van der Waals surface area contributed by atoms with Gasteiger partial charge in [0.05, 0.1) is 12.8 Å². The van der Waals surface area contributed by atoms with Gasteiger partial charge in [0.1, 0.15) is 0 Å². The zero-order valence-corrected chi connectivity index (χ0v) is 13.0. The number of hydrogen-bond acceptors (Lipinski definition) is 5. The molecular formula is C14H21N3O3S. The third-order valence-corrected chi connectivity index (χ3v) is 6.13. The van der Waals surface area contributed by atoms with Gasteiger partial charge in [0, 0.05) is 5.41 Å². The molecule has 0 atom stereocenters. The summed E-state index contributed by atoms with van der Waals surface area (Å²) in [5.41, 5.74) is 0.0988. The van der Waals surface area contributed by atoms with Crippen molar-refractivity contribution in [3.63, 3.8) is 0 Å². The topological polar surface area (TPSA) is 85.1 Å². The van der Waals surface area contributed by atoms with Gasteiger partial charge >= 0.3 is 0 Å². The van der Waals surface area contributed by atoms with E-state index in [9.17, 15) is 8.42 Å². The van der Waals surface area contributed by atoms with Crippen molar-refractivity contribution in [3.8, 4) is 0 Å². The van der Waals surface area contributed by atoms with E-state index in [1.165, 1.54) is 38.5 Å². The lowest BCUT2D eigenvalue weighted by atomic mass is 9.49. The van der Waals surface area contributed by atoms with E-state index in [-0.39, 0.29) is 12.0 Å². The maximum atomic E-state index is 11.1. The predicted molar refractivity (Wildman–Crippen MR) is 75.8 cm³/mol. The lowest BCUT2D eigenvalue weighted by Crippen LogP contribution is -2.49. The van der Waals surface area contributed by atoms with E-state index in [1.54, 1.807) is 0 Å². The first-order chi connectivity index (χ1) is 9.92. The van der Waals surface area contributed by atoms with Crippen LogP contribution in [0.2, 0.25) is 0 Å². The standard InChI is InChI=1S/C14H21N3O3S/c1-21(18,19)15-8-12-16-13(17-20-12)14-5-9-2-10(6-14)4-11(3-9)7-14/h9-11,15H,2-8H2,1H3. The van der Waals surface area contributed by atoms with Crippen molar-refractivity contribution >= 4 is 10.0 Å². The van der Waals surface area contributed by atoms with Gasteiger partial charge in [0.15, 0.2) is 5.82 Å². The van der Waals surface area contributed by atoms with Gasteiger partial charge in [-0.1, -0.05) is 5.16 Å². The highest BCUT2D eigenvalue weighted by molar-refractivity contribution is 7.88. The first-order valence-corrected chi connectivity index (χ1v) is 9.59. The third-order valence-electron chi connectivity index (χ3n) is 5.47. The Hall–Kier alpha value is -0.950. The molecule has 0 spiro atoms. The van der Waals surface area contributed by atoms with Gasteiger partial charge in [0.25, 0.3) is 0 Å². The number of rotatable bonds is 4. The molecule has 0 saturated heterocycles. The average Bonchev–Trinajstić information content (AvgIpc) is 2.83. The normalized spacial score (nSPS) is 38.0. The highest BCUT2D eigenvalue weighted by Crippen LogP contribution is 2.60. The molecule has 6 nitrogen and oxygen atoms in total. The first-order valence-electron chi connectivity index (χ1n) is 7.70. The van der Waals surface area contributed by atoms with Crippen LogP contribution in [0.15, 0.2) is 4.52 Å². The van der Waals surface area contributed by atoms with Crippen LogP contribution in [-0.2, 0) is 22.0 Å². The Morgan fingerprint density at radius 3 is 2.29 bits per heavy atom. The van der Waals surface area contributed by atoms with Crippen molar-refractivity contribution in [2.45, 2.75) is 50.5 Å². The molecule has 4 saturated carbocycles. The molecule has 4 fully saturated rings. The summed E-state index contributed by atoms with van der Waals surface area (Å²) in [6.45, 7) is 0.0815. The molecule has 0 unspecified atom stereocenters. The van der Waals surface area contributed by atoms with Crippen molar-refractivity contribution in [1.82, 2.24) is 14.9 Å². The molecule has 7 heteroatoms. The third kappa shape index (κ3) is 2.50. The van der Waals surface area contributed by atoms with E-state index in [0.717, 1.165) is 29.8 Å². The summed E-state index contributed by atoms with van der Waals surface area (Å²) in [6.07, 6.45) is 8.79. The molecule has 1 aromatic heterocycles. The second kappa shape index (κ2) is 4.52. The van der Waals surface area contributed by atoms with Crippen molar-refractivity contribution in [2.24, 2.45) is 17.8 Å². The van der Waals surface area contributed by atoms with Gasteiger partial charge in [-0.2, -0.15) is 4.98 Å². The largest absolute Gasteiger partial charge is 0.338 e. The predicted octanol–water partition coefficient (Wildman–Crippen LogP) is 1.59. The lowest BCUT2D eigenvalue weighted by Gasteiger charge is -2.55. The molecule has 1 aromatic rings. The zero-order valence-electron chi connectivity index (χ0n) is 12.2. The minimum atomic E-state index is -3.24. The fraction of sp³-hybridized carbons (Fsp3) is 0.857. The van der Waals surface area contributed by atoms with Gasteiger partial charge in [0.2, 0.25) is 15.9 Å². The summed E-state index contributed by atoms with van der Waals surface area (Å²) in [7, 11) is -3.24. The van der Waals surface area contributed by atoms with E-state index in [0.29, 0.717) is 5.89 Å². The van der Waals surface area contributed by atoms with Crippen LogP contribution in [0.5, 0.6) is 0 Å². The number of sulfonamides is 1. The zero-order chi connectivity index (χ0) is 14.7. The van der Waals surface area contributed by atoms with Crippen molar-refractivity contribution in [1.29, 1.82) is 0 Å². The fourth-order valence-electron chi connectivity index (χ4n) is 5.12. The minimum Gasteiger partial charge on any atom is -0.338 e. The summed E-state index contributed by atoms with van der Waals surface area (Å²) in [5, 5.41) is 4.19. The van der Waals surface area contributed by atoms with Crippen LogP contribution < -0.4 is 4.72 Å². The SMILES string of the molecule is CS(=O)(=O)NCc1nc(C23CC4CC(CC(C4)C2)C3)no1. The van der Waals surface area contributed by atoms with Crippen LogP contribution in [0.3, 0.4) is 0 Å². The van der Waals surface area contributed by atoms with Gasteiger partial charge < -0.3 is 4.52 Å². The van der Waals surface area contributed by atoms with Crippen molar-refractivity contribution in [3.05, 3.63) is 11.7 Å². The summed E-state index contributed by atoms with van der Waals surface area (Å²) >= 11 is 0. The van der Waals surface area contributed by atoms with Crippen LogP contribution in [0, 0.1) is 17.8 Å². The van der Waals surface area contributed by atoms with Gasteiger partial charge in [-0.3, -0.25) is 0 Å². The molecule has 4 aliphatic rings. The fourth-order valence-corrected chi connectivity index (χ4v) is 5.51. The monoisotopic (exact) mass is 311 g/mol. The van der Waals surface area contributed by atoms with Crippen molar-refractivity contribution in [2.75, 3.05) is 6.26 Å². The molecule has 1 N–H and O–H groups in total. The summed E-state index contributed by atoms with van der Waals surface area (Å²) in [5.74, 6) is 3.66. The highest BCUT2D eigenvalue weighted by Gasteiger charge is 2.53. The van der Waals surface area contributed by atoms with Gasteiger partial charge in [-0.05, 0) is 56.3 Å². The Kier molecular flexibility index (Phi) is 2.95. The lowest BCUT2D eigenvalue weighted by molar-refractivity contribution is -0.0103. The molecule has 116 valence electrons. The molecular weight excluding hydrogens is 290 g/mol. The second-order valence-corrected chi connectivity index (χ2v) is 9.14. The van der Waals surface area contributed by atoms with Gasteiger partial charge in [-0.25, -0.2) is 13.1 Å². The Morgan fingerprint density at radius 2 is 1.76 bits per heavy atom. The van der Waals surface area contributed by atoms with Gasteiger partial charge in [-0.15, -0.1) is 0 Å². The Morgan fingerprint density at radius 1 is 1.19 bits per heavy atom. The molecule has 4 bridgehead atoms. The minimum absolute atomic E-state index is 0.0815. The number of nitrogens with zero attached hydrogens (tertiary/aromatic N) is 2. The molecule has 4 aliphatic carbocycles. The second-order valence-electron chi connectivity index (χ2n) is 7.30. The quantitative estimate of drug-likeness (QED) is 0.912. The number of hydrogen-bond donors (Lipinski definition) is 1. The van der Waals surface area contributed by atoms with Crippen LogP contribution in [-0.4, -0.2) is 24.8 Å². The summed E-state index contributed by atoms with van der Waals surface area (Å²) < 4.78 is 29.9. The van der Waals surface area contributed by atoms with E-state index in [4.69, 9.17) is 4.52 Å². The number of nitrogens with one attached hydrogen (secondary N) is 1. The first kappa shape index (κ1) is 13.7. The van der Waals surface area contributed by atoms with Crippen LogP contribution >= 0.6 is 0 Å². The molecule has 5 rings (SSSR count). The molecule has 0 aromatic carbocycles. The van der Waals surface area contributed by atoms with Crippen molar-refractivity contribution < 1.29 is 12.9 Å². The number of aromatic nitrogens is 2. The Bertz CT molecular complexity index is 617. The molecule has 0 aliphatic heterocycles. The van der Waals surface area contributed by atoms with E-state index < -0.39 is 10.0 Å². The molecule has 1 heterocycles. The molecule has 21 heavy (non-hydrogen) atoms. The van der Waals surface area contributed by atoms with E-state index in [1.807, 2.05) is 0 Å². The highest BCUT2D eigenvalue weighted by atomic mass is 32.2. The average molecular weight is 311 g/mol.